The van der Waals surface area contributed by atoms with Crippen molar-refractivity contribution in [2.45, 2.75) is 6.10 Å². The molecule has 1 heterocycles. The number of carbonyl (C=O) groups is 1. The smallest absolute Gasteiger partial charge is 0.344 e. The van der Waals surface area contributed by atoms with Crippen LogP contribution in [-0.2, 0) is 4.79 Å². The summed E-state index contributed by atoms with van der Waals surface area (Å²) in [5.41, 5.74) is 1.31. The Balaban J connectivity index is 1.69. The second-order valence-corrected chi connectivity index (χ2v) is 6.82. The lowest BCUT2D eigenvalue weighted by molar-refractivity contribution is -0.314. The third kappa shape index (κ3) is 4.00. The van der Waals surface area contributed by atoms with Crippen molar-refractivity contribution in [1.82, 2.24) is 0 Å². The first kappa shape index (κ1) is 18.8. The van der Waals surface area contributed by atoms with Crippen molar-refractivity contribution in [3.8, 4) is 16.9 Å². The normalized spacial score (nSPS) is 11.9. The average Bonchev–Trinajstić information content (AvgIpc) is 2.72. The number of fused-ring (bicyclic) bond motifs is 1. The van der Waals surface area contributed by atoms with Crippen molar-refractivity contribution in [2.75, 3.05) is 0 Å². The second-order valence-electron chi connectivity index (χ2n) is 6.38. The third-order valence-electron chi connectivity index (χ3n) is 4.43. The van der Waals surface area contributed by atoms with E-state index in [4.69, 9.17) is 20.8 Å². The lowest BCUT2D eigenvalue weighted by Crippen LogP contribution is -2.33. The Hall–Kier alpha value is -3.57. The largest absolute Gasteiger partial charge is 0.546 e. The van der Waals surface area contributed by atoms with Crippen LogP contribution in [0.2, 0.25) is 5.02 Å². The molecule has 4 rings (SSSR count). The van der Waals surface area contributed by atoms with Gasteiger partial charge in [-0.25, -0.2) is 4.79 Å². The standard InChI is InChI=1S/C23H15ClO5/c24-17-9-6-14(7-10-17)19-12-16-8-11-18(13-20(16)29-23(19)27)28-21(22(25)26)15-4-2-1-3-5-15/h1-13,21H,(H,25,26)/p-1/t21-/m0/s1. The third-order valence-corrected chi connectivity index (χ3v) is 4.68. The van der Waals surface area contributed by atoms with Gasteiger partial charge in [-0.3, -0.25) is 0 Å². The maximum atomic E-state index is 12.4. The van der Waals surface area contributed by atoms with Gasteiger partial charge in [0.05, 0.1) is 11.5 Å². The number of ether oxygens (including phenoxy) is 1. The van der Waals surface area contributed by atoms with Gasteiger partial charge < -0.3 is 19.1 Å². The predicted molar refractivity (Wildman–Crippen MR) is 108 cm³/mol. The van der Waals surface area contributed by atoms with Gasteiger partial charge in [-0.15, -0.1) is 0 Å². The molecule has 144 valence electrons. The van der Waals surface area contributed by atoms with Crippen LogP contribution in [0.3, 0.4) is 0 Å². The summed E-state index contributed by atoms with van der Waals surface area (Å²) in [5.74, 6) is -1.12. The summed E-state index contributed by atoms with van der Waals surface area (Å²) in [7, 11) is 0. The Morgan fingerprint density at radius 1 is 0.966 bits per heavy atom. The maximum Gasteiger partial charge on any atom is 0.344 e. The summed E-state index contributed by atoms with van der Waals surface area (Å²) >= 11 is 5.90. The molecule has 0 saturated carbocycles. The van der Waals surface area contributed by atoms with Crippen LogP contribution < -0.4 is 15.5 Å². The van der Waals surface area contributed by atoms with Crippen molar-refractivity contribution in [1.29, 1.82) is 0 Å². The van der Waals surface area contributed by atoms with Gasteiger partial charge in [0, 0.05) is 16.5 Å². The monoisotopic (exact) mass is 405 g/mol. The van der Waals surface area contributed by atoms with Crippen LogP contribution in [0.4, 0.5) is 0 Å². The predicted octanol–water partition coefficient (Wildman–Crippen LogP) is 3.98. The first-order valence-corrected chi connectivity index (χ1v) is 9.15. The molecule has 1 aromatic heterocycles. The number of carbonyl (C=O) groups excluding carboxylic acids is 1. The van der Waals surface area contributed by atoms with E-state index >= 15 is 0 Å². The summed E-state index contributed by atoms with van der Waals surface area (Å²) in [6.45, 7) is 0. The van der Waals surface area contributed by atoms with E-state index in [1.807, 2.05) is 0 Å². The number of aliphatic carboxylic acids is 1. The van der Waals surface area contributed by atoms with Gasteiger partial charge in [-0.1, -0.05) is 54.1 Å². The summed E-state index contributed by atoms with van der Waals surface area (Å²) in [6.07, 6.45) is -1.28. The van der Waals surface area contributed by atoms with Gasteiger partial charge in [0.25, 0.3) is 0 Å². The van der Waals surface area contributed by atoms with Crippen LogP contribution in [-0.4, -0.2) is 5.97 Å². The molecule has 0 unspecified atom stereocenters. The Labute approximate surface area is 170 Å². The molecule has 1 atom stereocenters. The zero-order valence-corrected chi connectivity index (χ0v) is 15.8. The van der Waals surface area contributed by atoms with E-state index in [0.717, 1.165) is 0 Å². The van der Waals surface area contributed by atoms with E-state index in [9.17, 15) is 14.7 Å². The Morgan fingerprint density at radius 2 is 1.69 bits per heavy atom. The first-order chi connectivity index (χ1) is 14.0. The molecule has 0 amide bonds. The summed E-state index contributed by atoms with van der Waals surface area (Å²) in [4.78, 5) is 24.0. The molecule has 0 saturated heterocycles. The van der Waals surface area contributed by atoms with Crippen LogP contribution in [0.1, 0.15) is 11.7 Å². The number of rotatable bonds is 5. The van der Waals surface area contributed by atoms with E-state index in [1.165, 1.54) is 6.07 Å². The van der Waals surface area contributed by atoms with Crippen LogP contribution in [0.5, 0.6) is 5.75 Å². The first-order valence-electron chi connectivity index (χ1n) is 8.77. The topological polar surface area (TPSA) is 79.6 Å². The zero-order chi connectivity index (χ0) is 20.4. The number of halogens is 1. The molecule has 0 aliphatic rings. The minimum absolute atomic E-state index is 0.248. The highest BCUT2D eigenvalue weighted by Crippen LogP contribution is 2.28. The quantitative estimate of drug-likeness (QED) is 0.469. The summed E-state index contributed by atoms with van der Waals surface area (Å²) in [6, 6.07) is 21.9. The number of carboxylic acids is 1. The van der Waals surface area contributed by atoms with Gasteiger partial charge in [-0.05, 0) is 41.5 Å². The fourth-order valence-electron chi connectivity index (χ4n) is 3.01. The number of carboxylic acid groups (broad SMARTS) is 1. The molecule has 6 heteroatoms. The Kier molecular flexibility index (Phi) is 5.06. The van der Waals surface area contributed by atoms with Crippen molar-refractivity contribution >= 4 is 28.5 Å². The van der Waals surface area contributed by atoms with Gasteiger partial charge in [0.2, 0.25) is 0 Å². The molecule has 0 spiro atoms. The molecule has 5 nitrogen and oxygen atoms in total. The van der Waals surface area contributed by atoms with Crippen molar-refractivity contribution in [3.05, 3.63) is 99.9 Å². The maximum absolute atomic E-state index is 12.4. The molecule has 0 radical (unpaired) electrons. The molecule has 0 N–H and O–H groups in total. The lowest BCUT2D eigenvalue weighted by Gasteiger charge is -2.20. The lowest BCUT2D eigenvalue weighted by atomic mass is 10.1. The van der Waals surface area contributed by atoms with Crippen molar-refractivity contribution in [2.24, 2.45) is 0 Å². The fourth-order valence-corrected chi connectivity index (χ4v) is 3.14. The average molecular weight is 406 g/mol. The molecule has 0 bridgehead atoms. The van der Waals surface area contributed by atoms with Crippen LogP contribution in [0.15, 0.2) is 88.1 Å². The number of hydrogen-bond donors (Lipinski definition) is 0. The molecular weight excluding hydrogens is 392 g/mol. The van der Waals surface area contributed by atoms with Gasteiger partial charge in [-0.2, -0.15) is 0 Å². The number of benzene rings is 3. The zero-order valence-electron chi connectivity index (χ0n) is 15.0. The van der Waals surface area contributed by atoms with Gasteiger partial charge >= 0.3 is 5.63 Å². The molecule has 29 heavy (non-hydrogen) atoms. The highest BCUT2D eigenvalue weighted by Gasteiger charge is 2.16. The Bertz CT molecular complexity index is 1230. The van der Waals surface area contributed by atoms with Crippen molar-refractivity contribution in [3.63, 3.8) is 0 Å². The molecule has 0 aliphatic carbocycles. The van der Waals surface area contributed by atoms with E-state index in [1.54, 1.807) is 72.8 Å². The van der Waals surface area contributed by atoms with Crippen molar-refractivity contribution < 1.29 is 19.1 Å². The second kappa shape index (κ2) is 7.81. The van der Waals surface area contributed by atoms with E-state index < -0.39 is 17.7 Å². The molecule has 4 aromatic rings. The van der Waals surface area contributed by atoms with Crippen LogP contribution in [0, 0.1) is 0 Å². The summed E-state index contributed by atoms with van der Waals surface area (Å²) < 4.78 is 11.0. The highest BCUT2D eigenvalue weighted by molar-refractivity contribution is 6.30. The van der Waals surface area contributed by atoms with Gasteiger partial charge in [0.15, 0.2) is 6.10 Å². The minimum atomic E-state index is -1.36. The number of hydrogen-bond acceptors (Lipinski definition) is 5. The van der Waals surface area contributed by atoms with Gasteiger partial charge in [0.1, 0.15) is 11.3 Å². The minimum Gasteiger partial charge on any atom is -0.546 e. The molecule has 0 aliphatic heterocycles. The van der Waals surface area contributed by atoms with E-state index in [0.29, 0.717) is 27.1 Å². The SMILES string of the molecule is O=C([O-])[C@@H](Oc1ccc2cc(-c3ccc(Cl)cc3)c(=O)oc2c1)c1ccccc1. The van der Waals surface area contributed by atoms with E-state index in [2.05, 4.69) is 0 Å². The molecule has 3 aromatic carbocycles. The van der Waals surface area contributed by atoms with Crippen LogP contribution >= 0.6 is 11.6 Å². The van der Waals surface area contributed by atoms with E-state index in [-0.39, 0.29) is 11.3 Å². The molecule has 0 fully saturated rings. The fraction of sp³-hybridized carbons (Fsp3) is 0.0435. The molecular formula is C23H14ClO5-. The van der Waals surface area contributed by atoms with Crippen LogP contribution in [0.25, 0.3) is 22.1 Å². The highest BCUT2D eigenvalue weighted by atomic mass is 35.5. The summed E-state index contributed by atoms with van der Waals surface area (Å²) in [5, 5.41) is 12.8. The Morgan fingerprint density at radius 3 is 2.38 bits per heavy atom.